The van der Waals surface area contributed by atoms with E-state index < -0.39 is 0 Å². The minimum atomic E-state index is -0.326. The van der Waals surface area contributed by atoms with Crippen LogP contribution in [0.1, 0.15) is 33.6 Å². The highest BCUT2D eigenvalue weighted by molar-refractivity contribution is 6.20. The Morgan fingerprint density at radius 3 is 2.15 bits per heavy atom. The van der Waals surface area contributed by atoms with Gasteiger partial charge in [0.15, 0.2) is 0 Å². The molecule has 0 N–H and O–H groups in total. The van der Waals surface area contributed by atoms with Crippen molar-refractivity contribution in [1.29, 1.82) is 0 Å². The summed E-state index contributed by atoms with van der Waals surface area (Å²) in [5.74, 6) is -0.330. The molecular formula is C25H31N3O6. The first kappa shape index (κ1) is 25.2. The van der Waals surface area contributed by atoms with Gasteiger partial charge in [-0.05, 0) is 44.0 Å². The first-order valence-electron chi connectivity index (χ1n) is 11.5. The van der Waals surface area contributed by atoms with Crippen molar-refractivity contribution >= 4 is 35.2 Å². The van der Waals surface area contributed by atoms with Gasteiger partial charge >= 0.3 is 6.09 Å². The highest BCUT2D eigenvalue weighted by Gasteiger charge is 2.34. The van der Waals surface area contributed by atoms with Crippen LogP contribution in [0.5, 0.6) is 0 Å². The Bertz CT molecular complexity index is 985. The number of amides is 4. The van der Waals surface area contributed by atoms with Gasteiger partial charge in [0.1, 0.15) is 12.7 Å². The van der Waals surface area contributed by atoms with Gasteiger partial charge in [-0.1, -0.05) is 26.0 Å². The summed E-state index contributed by atoms with van der Waals surface area (Å²) < 4.78 is 10.2. The average molecular weight is 470 g/mol. The number of allylic oxidation sites excluding steroid dienone is 1. The molecular weight excluding hydrogens is 438 g/mol. The smallest absolute Gasteiger partial charge is 0.414 e. The molecule has 2 fully saturated rings. The van der Waals surface area contributed by atoms with Gasteiger partial charge < -0.3 is 14.4 Å². The molecule has 0 spiro atoms. The fourth-order valence-corrected chi connectivity index (χ4v) is 3.98. The van der Waals surface area contributed by atoms with Crippen molar-refractivity contribution in [3.8, 4) is 0 Å². The lowest BCUT2D eigenvalue weighted by Crippen LogP contribution is -2.41. The Kier molecular flexibility index (Phi) is 8.22. The lowest BCUT2D eigenvalue weighted by atomic mass is 10.00. The van der Waals surface area contributed by atoms with Gasteiger partial charge in [0, 0.05) is 36.1 Å². The van der Waals surface area contributed by atoms with Crippen LogP contribution in [0.3, 0.4) is 0 Å². The van der Waals surface area contributed by atoms with Crippen LogP contribution in [0.2, 0.25) is 0 Å². The van der Waals surface area contributed by atoms with E-state index in [-0.39, 0.29) is 36.5 Å². The highest BCUT2D eigenvalue weighted by atomic mass is 16.6. The number of carbonyl (C=O) groups excluding carboxylic acids is 4. The summed E-state index contributed by atoms with van der Waals surface area (Å²) in [5, 5.41) is 0. The molecule has 1 aromatic carbocycles. The lowest BCUT2D eigenvalue weighted by molar-refractivity contribution is -0.135. The quantitative estimate of drug-likeness (QED) is 0.618. The van der Waals surface area contributed by atoms with Gasteiger partial charge in [-0.25, -0.2) is 4.79 Å². The number of cyclic esters (lactones) is 1. The highest BCUT2D eigenvalue weighted by Crippen LogP contribution is 2.28. The zero-order chi connectivity index (χ0) is 24.8. The largest absolute Gasteiger partial charge is 0.444 e. The van der Waals surface area contributed by atoms with E-state index in [1.54, 1.807) is 15.9 Å². The Morgan fingerprint density at radius 1 is 0.941 bits per heavy atom. The van der Waals surface area contributed by atoms with Crippen LogP contribution in [0, 0.1) is 0 Å². The summed E-state index contributed by atoms with van der Waals surface area (Å²) in [6.07, 6.45) is 4.84. The monoisotopic (exact) mass is 469 g/mol. The fourth-order valence-electron chi connectivity index (χ4n) is 3.98. The van der Waals surface area contributed by atoms with Crippen molar-refractivity contribution in [1.82, 2.24) is 4.90 Å². The molecule has 4 aliphatic rings. The van der Waals surface area contributed by atoms with Crippen LogP contribution in [0.15, 0.2) is 47.6 Å². The van der Waals surface area contributed by atoms with Crippen molar-refractivity contribution < 1.29 is 28.7 Å². The molecule has 0 radical (unpaired) electrons. The molecule has 2 saturated heterocycles. The summed E-state index contributed by atoms with van der Waals surface area (Å²) in [7, 11) is 1.52. The molecule has 1 atom stereocenters. The number of carbonyl (C=O) groups is 4. The van der Waals surface area contributed by atoms with Gasteiger partial charge in [0.2, 0.25) is 0 Å². The van der Waals surface area contributed by atoms with E-state index in [0.717, 1.165) is 17.8 Å². The summed E-state index contributed by atoms with van der Waals surface area (Å²) in [5.41, 5.74) is 2.88. The normalized spacial score (nSPS) is 21.6. The Morgan fingerprint density at radius 2 is 1.59 bits per heavy atom. The molecule has 0 saturated carbocycles. The molecule has 1 unspecified atom stereocenters. The van der Waals surface area contributed by atoms with E-state index >= 15 is 0 Å². The maximum absolute atomic E-state index is 11.7. The van der Waals surface area contributed by atoms with Gasteiger partial charge in [0.25, 0.3) is 17.7 Å². The van der Waals surface area contributed by atoms with E-state index in [1.807, 2.05) is 51.1 Å². The van der Waals surface area contributed by atoms with Crippen LogP contribution < -0.4 is 9.80 Å². The number of rotatable bonds is 2. The Labute approximate surface area is 199 Å². The molecule has 0 aromatic heterocycles. The van der Waals surface area contributed by atoms with Crippen molar-refractivity contribution in [2.24, 2.45) is 0 Å². The van der Waals surface area contributed by atoms with Crippen LogP contribution in [0.25, 0.3) is 0 Å². The minimum Gasteiger partial charge on any atom is -0.444 e. The van der Waals surface area contributed by atoms with E-state index in [2.05, 4.69) is 0 Å². The van der Waals surface area contributed by atoms with E-state index in [1.165, 1.54) is 11.9 Å². The molecule has 0 bridgehead atoms. The average Bonchev–Trinajstić information content (AvgIpc) is 3.32. The number of benzene rings is 1. The molecule has 3 aliphatic heterocycles. The van der Waals surface area contributed by atoms with E-state index in [0.29, 0.717) is 37.3 Å². The molecule has 5 rings (SSSR count). The molecule has 9 nitrogen and oxygen atoms in total. The minimum absolute atomic E-state index is 0.0433. The topological polar surface area (TPSA) is 96.5 Å². The van der Waals surface area contributed by atoms with Crippen LogP contribution >= 0.6 is 0 Å². The summed E-state index contributed by atoms with van der Waals surface area (Å²) in [4.78, 5) is 50.6. The zero-order valence-corrected chi connectivity index (χ0v) is 20.1. The molecule has 182 valence electrons. The van der Waals surface area contributed by atoms with E-state index in [9.17, 15) is 19.2 Å². The number of nitrogens with zero attached hydrogens (tertiary/aromatic N) is 3. The summed E-state index contributed by atoms with van der Waals surface area (Å²) in [6.45, 7) is 7.63. The lowest BCUT2D eigenvalue weighted by Gasteiger charge is -2.27. The maximum atomic E-state index is 11.7. The van der Waals surface area contributed by atoms with Crippen LogP contribution in [-0.2, 0) is 23.9 Å². The van der Waals surface area contributed by atoms with Crippen molar-refractivity contribution in [3.63, 3.8) is 0 Å². The van der Waals surface area contributed by atoms with Gasteiger partial charge in [0.05, 0.1) is 13.2 Å². The molecule has 1 aliphatic carbocycles. The van der Waals surface area contributed by atoms with Crippen molar-refractivity contribution in [3.05, 3.63) is 47.6 Å². The molecule has 3 heterocycles. The summed E-state index contributed by atoms with van der Waals surface area (Å²) in [6, 6.07) is 7.35. The third kappa shape index (κ3) is 5.20. The number of hydrogen-bond donors (Lipinski definition) is 0. The number of hydrogen-bond acceptors (Lipinski definition) is 6. The van der Waals surface area contributed by atoms with Gasteiger partial charge in [-0.15, -0.1) is 0 Å². The molecule has 1 aromatic rings. The SMILES string of the molecule is CC.CC1CN(c2ccc(N3CCOCC3=O)cc2)C(=O)O1.CN1C(=O)C2=C(CCC=C2)C1=O. The fraction of sp³-hybridized carbons (Fsp3) is 0.440. The third-order valence-corrected chi connectivity index (χ3v) is 5.69. The third-order valence-electron chi connectivity index (χ3n) is 5.69. The maximum Gasteiger partial charge on any atom is 0.414 e. The number of anilines is 2. The van der Waals surface area contributed by atoms with Crippen molar-refractivity contribution in [2.45, 2.75) is 39.7 Å². The van der Waals surface area contributed by atoms with Gasteiger partial charge in [-0.3, -0.25) is 24.2 Å². The first-order valence-corrected chi connectivity index (χ1v) is 11.5. The van der Waals surface area contributed by atoms with Crippen molar-refractivity contribution in [2.75, 3.05) is 43.2 Å². The van der Waals surface area contributed by atoms with Crippen LogP contribution in [-0.4, -0.2) is 68.2 Å². The number of ether oxygens (including phenoxy) is 2. The predicted molar refractivity (Wildman–Crippen MR) is 127 cm³/mol. The molecule has 9 heteroatoms. The summed E-state index contributed by atoms with van der Waals surface area (Å²) >= 11 is 0. The first-order chi connectivity index (χ1) is 16.4. The Hall–Kier alpha value is -3.46. The van der Waals surface area contributed by atoms with Crippen LogP contribution in [0.4, 0.5) is 16.2 Å². The molecule has 4 amide bonds. The number of imide groups is 1. The predicted octanol–water partition coefficient (Wildman–Crippen LogP) is 3.05. The second kappa shape index (κ2) is 11.1. The standard InChI is InChI=1S/C14H16N2O4.C9H9NO2.C2H6/c1-10-8-16(14(18)20-10)12-4-2-11(3-5-12)15-6-7-19-9-13(15)17;1-10-8(11)6-4-2-3-5-7(6)9(10)12;1-2/h2-5,10H,6-9H2,1H3;2,4H,3,5H2,1H3;1-2H3. The Balaban J connectivity index is 0.000000197. The second-order valence-electron chi connectivity index (χ2n) is 7.92. The van der Waals surface area contributed by atoms with Gasteiger partial charge in [-0.2, -0.15) is 0 Å². The second-order valence-corrected chi connectivity index (χ2v) is 7.92. The number of likely N-dealkylation sites (N-methyl/N-ethyl adjacent to an activating group) is 1. The molecule has 34 heavy (non-hydrogen) atoms. The zero-order valence-electron chi connectivity index (χ0n) is 20.1. The number of morpholine rings is 1. The van der Waals surface area contributed by atoms with E-state index in [4.69, 9.17) is 9.47 Å².